The van der Waals surface area contributed by atoms with Crippen LogP contribution in [0.5, 0.6) is 5.75 Å². The van der Waals surface area contributed by atoms with E-state index in [1.165, 1.54) is 4.90 Å². The van der Waals surface area contributed by atoms with Crippen molar-refractivity contribution in [2.24, 2.45) is 0 Å². The second kappa shape index (κ2) is 7.16. The van der Waals surface area contributed by atoms with Crippen LogP contribution in [0.25, 0.3) is 6.08 Å². The van der Waals surface area contributed by atoms with E-state index in [0.717, 1.165) is 5.69 Å². The average Bonchev–Trinajstić information content (AvgIpc) is 2.85. The van der Waals surface area contributed by atoms with Gasteiger partial charge in [-0.15, -0.1) is 0 Å². The third-order valence-electron chi connectivity index (χ3n) is 3.78. The van der Waals surface area contributed by atoms with E-state index < -0.39 is 0 Å². The second-order valence-corrected chi connectivity index (χ2v) is 5.70. The van der Waals surface area contributed by atoms with Gasteiger partial charge in [0.15, 0.2) is 11.7 Å². The molecule has 1 heterocycles. The number of hydrogen-bond donors (Lipinski definition) is 0. The summed E-state index contributed by atoms with van der Waals surface area (Å²) < 4.78 is 5.42. The number of nitrogens with zero attached hydrogens (tertiary/aromatic N) is 3. The minimum atomic E-state index is -0.200. The van der Waals surface area contributed by atoms with Gasteiger partial charge in [0.2, 0.25) is 0 Å². The van der Waals surface area contributed by atoms with Gasteiger partial charge in [-0.1, -0.05) is 36.4 Å². The van der Waals surface area contributed by atoms with Gasteiger partial charge in [0, 0.05) is 12.6 Å². The van der Waals surface area contributed by atoms with Crippen LogP contribution in [-0.4, -0.2) is 29.6 Å². The highest BCUT2D eigenvalue weighted by atomic mass is 32.1. The largest absolute Gasteiger partial charge is 0.478 e. The first-order chi connectivity index (χ1) is 12.1. The zero-order valence-corrected chi connectivity index (χ0v) is 14.4. The third kappa shape index (κ3) is 3.23. The lowest BCUT2D eigenvalue weighted by Crippen LogP contribution is -2.30. The van der Waals surface area contributed by atoms with E-state index in [4.69, 9.17) is 22.2 Å². The van der Waals surface area contributed by atoms with Gasteiger partial charge in [-0.2, -0.15) is 5.26 Å². The van der Waals surface area contributed by atoms with Crippen LogP contribution >= 0.6 is 12.2 Å². The van der Waals surface area contributed by atoms with E-state index in [1.807, 2.05) is 54.6 Å². The highest BCUT2D eigenvalue weighted by Crippen LogP contribution is 2.29. The Morgan fingerprint density at radius 3 is 2.56 bits per heavy atom. The lowest BCUT2D eigenvalue weighted by Gasteiger charge is -2.16. The number of thiocarbonyl (C=S) groups is 1. The highest BCUT2D eigenvalue weighted by molar-refractivity contribution is 7.80. The summed E-state index contributed by atoms with van der Waals surface area (Å²) in [4.78, 5) is 16.1. The minimum absolute atomic E-state index is 0.0570. The summed E-state index contributed by atoms with van der Waals surface area (Å²) in [7, 11) is 1.76. The molecule has 0 bridgehead atoms. The molecule has 0 atom stereocenters. The van der Waals surface area contributed by atoms with Crippen LogP contribution in [0.1, 0.15) is 5.56 Å². The minimum Gasteiger partial charge on any atom is -0.478 e. The number of amides is 1. The Morgan fingerprint density at radius 2 is 1.84 bits per heavy atom. The van der Waals surface area contributed by atoms with Crippen molar-refractivity contribution in [3.63, 3.8) is 0 Å². The first-order valence-electron chi connectivity index (χ1n) is 7.61. The molecule has 1 fully saturated rings. The van der Waals surface area contributed by atoms with Crippen LogP contribution < -0.4 is 9.64 Å². The molecule has 0 saturated carbocycles. The number of hydrogen-bond acceptors (Lipinski definition) is 4. The molecular weight excluding hydrogens is 334 g/mol. The van der Waals surface area contributed by atoms with Gasteiger partial charge < -0.3 is 9.64 Å². The van der Waals surface area contributed by atoms with E-state index in [0.29, 0.717) is 22.1 Å². The number of benzene rings is 2. The normalized spacial score (nSPS) is 15.6. The Hall–Kier alpha value is -3.17. The number of carbonyl (C=O) groups is 1. The molecule has 5 nitrogen and oxygen atoms in total. The molecule has 0 aromatic heterocycles. The summed E-state index contributed by atoms with van der Waals surface area (Å²) in [5, 5.41) is 9.12. The van der Waals surface area contributed by atoms with Gasteiger partial charge in [0.1, 0.15) is 17.5 Å². The van der Waals surface area contributed by atoms with Gasteiger partial charge in [-0.25, -0.2) is 0 Å². The highest BCUT2D eigenvalue weighted by Gasteiger charge is 2.36. The van der Waals surface area contributed by atoms with E-state index >= 15 is 0 Å². The molecule has 0 aliphatic carbocycles. The molecular formula is C19H15N3O2S. The third-order valence-corrected chi connectivity index (χ3v) is 4.24. The van der Waals surface area contributed by atoms with Gasteiger partial charge in [0.25, 0.3) is 5.91 Å². The van der Waals surface area contributed by atoms with Crippen LogP contribution in [0.2, 0.25) is 0 Å². The zero-order valence-electron chi connectivity index (χ0n) is 13.5. The summed E-state index contributed by atoms with van der Waals surface area (Å²) in [5.74, 6) is 0.343. The lowest BCUT2D eigenvalue weighted by molar-refractivity contribution is -0.114. The molecule has 2 aromatic rings. The Balaban J connectivity index is 1.98. The average molecular weight is 349 g/mol. The SMILES string of the molecule is CN1C(=S)N(c2ccccc2)C(=O)/C1=C\c1ccccc1OCC#N. The number of para-hydroxylation sites is 2. The summed E-state index contributed by atoms with van der Waals surface area (Å²) in [6.07, 6.45) is 1.73. The Kier molecular flexibility index (Phi) is 4.78. The number of nitriles is 1. The molecule has 1 aliphatic rings. The van der Waals surface area contributed by atoms with Crippen molar-refractivity contribution < 1.29 is 9.53 Å². The molecule has 1 saturated heterocycles. The molecule has 6 heteroatoms. The van der Waals surface area contributed by atoms with Crippen LogP contribution in [0.15, 0.2) is 60.3 Å². The van der Waals surface area contributed by atoms with Crippen molar-refractivity contribution in [3.8, 4) is 11.8 Å². The fourth-order valence-corrected chi connectivity index (χ4v) is 2.84. The van der Waals surface area contributed by atoms with Gasteiger partial charge in [-0.05, 0) is 36.5 Å². The standard InChI is InChI=1S/C19H15N3O2S/c1-21-16(13-14-7-5-6-10-17(14)24-12-11-20)18(23)22(19(21)25)15-8-3-2-4-9-15/h2-10,13H,12H2,1H3/b16-13+. The van der Waals surface area contributed by atoms with Crippen molar-refractivity contribution in [3.05, 3.63) is 65.9 Å². The van der Waals surface area contributed by atoms with Crippen LogP contribution in [0, 0.1) is 11.3 Å². The van der Waals surface area contributed by atoms with Crippen molar-refractivity contribution in [1.29, 1.82) is 5.26 Å². The van der Waals surface area contributed by atoms with E-state index in [2.05, 4.69) is 0 Å². The van der Waals surface area contributed by atoms with Crippen molar-refractivity contribution in [2.75, 3.05) is 18.6 Å². The predicted molar refractivity (Wildman–Crippen MR) is 99.8 cm³/mol. The smallest absolute Gasteiger partial charge is 0.281 e. The summed E-state index contributed by atoms with van der Waals surface area (Å²) >= 11 is 5.43. The van der Waals surface area contributed by atoms with E-state index in [-0.39, 0.29) is 12.5 Å². The van der Waals surface area contributed by atoms with Gasteiger partial charge in [0.05, 0.1) is 5.69 Å². The Morgan fingerprint density at radius 1 is 1.16 bits per heavy atom. The molecule has 0 unspecified atom stereocenters. The second-order valence-electron chi connectivity index (χ2n) is 5.33. The van der Waals surface area contributed by atoms with Crippen molar-refractivity contribution in [1.82, 2.24) is 4.90 Å². The van der Waals surface area contributed by atoms with E-state index in [9.17, 15) is 4.79 Å². The maximum Gasteiger partial charge on any atom is 0.281 e. The molecule has 1 aliphatic heterocycles. The molecule has 0 spiro atoms. The fourth-order valence-electron chi connectivity index (χ4n) is 2.55. The maximum absolute atomic E-state index is 12.9. The topological polar surface area (TPSA) is 56.6 Å². The van der Waals surface area contributed by atoms with Crippen LogP contribution in [0.4, 0.5) is 5.69 Å². The Labute approximate surface area is 151 Å². The molecule has 1 amide bonds. The molecule has 0 radical (unpaired) electrons. The number of anilines is 1. The Bertz CT molecular complexity index is 887. The molecule has 124 valence electrons. The van der Waals surface area contributed by atoms with Crippen molar-refractivity contribution in [2.45, 2.75) is 0 Å². The van der Waals surface area contributed by atoms with Crippen LogP contribution in [0.3, 0.4) is 0 Å². The molecule has 2 aromatic carbocycles. The quantitative estimate of drug-likeness (QED) is 0.627. The van der Waals surface area contributed by atoms with Gasteiger partial charge >= 0.3 is 0 Å². The predicted octanol–water partition coefficient (Wildman–Crippen LogP) is 3.19. The molecule has 0 N–H and O–H groups in total. The number of ether oxygens (including phenoxy) is 1. The first-order valence-corrected chi connectivity index (χ1v) is 8.02. The number of rotatable bonds is 4. The molecule has 25 heavy (non-hydrogen) atoms. The summed E-state index contributed by atoms with van der Waals surface area (Å²) in [6.45, 7) is -0.0570. The zero-order chi connectivity index (χ0) is 17.8. The maximum atomic E-state index is 12.9. The first kappa shape index (κ1) is 16.7. The van der Waals surface area contributed by atoms with Gasteiger partial charge in [-0.3, -0.25) is 9.69 Å². The number of likely N-dealkylation sites (N-methyl/N-ethyl adjacent to an activating group) is 1. The summed E-state index contributed by atoms with van der Waals surface area (Å²) in [5.41, 5.74) is 1.88. The lowest BCUT2D eigenvalue weighted by atomic mass is 10.1. The fraction of sp³-hybridized carbons (Fsp3) is 0.105. The molecule has 3 rings (SSSR count). The summed E-state index contributed by atoms with van der Waals surface area (Å²) in [6, 6.07) is 18.5. The number of carbonyl (C=O) groups excluding carboxylic acids is 1. The van der Waals surface area contributed by atoms with Crippen LogP contribution in [-0.2, 0) is 4.79 Å². The monoisotopic (exact) mass is 349 g/mol. The van der Waals surface area contributed by atoms with E-state index in [1.54, 1.807) is 24.1 Å². The van der Waals surface area contributed by atoms with Crippen molar-refractivity contribution >= 4 is 35.0 Å².